The van der Waals surface area contributed by atoms with Crippen LogP contribution in [0.1, 0.15) is 42.5 Å². The molecule has 1 saturated carbocycles. The van der Waals surface area contributed by atoms with Gasteiger partial charge in [-0.05, 0) is 25.0 Å². The van der Waals surface area contributed by atoms with Gasteiger partial charge in [0, 0.05) is 25.2 Å². The van der Waals surface area contributed by atoms with Gasteiger partial charge in [0.15, 0.2) is 6.61 Å². The average Bonchev–Trinajstić information content (AvgIpc) is 3.03. The predicted octanol–water partition coefficient (Wildman–Crippen LogP) is 0.526. The Morgan fingerprint density at radius 1 is 1.09 bits per heavy atom. The van der Waals surface area contributed by atoms with Gasteiger partial charge in [0.2, 0.25) is 0 Å². The van der Waals surface area contributed by atoms with Crippen molar-refractivity contribution >= 4 is 27.8 Å². The molecule has 180 valence electrons. The van der Waals surface area contributed by atoms with Gasteiger partial charge in [0.05, 0.1) is 18.8 Å². The number of esters is 1. The van der Waals surface area contributed by atoms with E-state index in [0.29, 0.717) is 24.1 Å². The summed E-state index contributed by atoms with van der Waals surface area (Å²) in [5, 5.41) is 2.88. The summed E-state index contributed by atoms with van der Waals surface area (Å²) in [7, 11) is -4.11. The minimum Gasteiger partial charge on any atom is -0.454 e. The molecule has 0 spiro atoms. The molecule has 4 rings (SSSR count). The van der Waals surface area contributed by atoms with Gasteiger partial charge in [-0.3, -0.25) is 19.3 Å². The maximum absolute atomic E-state index is 12.5. The van der Waals surface area contributed by atoms with E-state index in [0.717, 1.165) is 38.8 Å². The zero-order valence-electron chi connectivity index (χ0n) is 18.5. The molecule has 2 aliphatic heterocycles. The Balaban J connectivity index is 1.29. The van der Waals surface area contributed by atoms with Crippen molar-refractivity contribution in [2.24, 2.45) is 0 Å². The molecule has 11 heteroatoms. The highest BCUT2D eigenvalue weighted by Crippen LogP contribution is 2.34. The molecule has 0 radical (unpaired) electrons. The summed E-state index contributed by atoms with van der Waals surface area (Å²) in [5.41, 5.74) is -0.104. The first-order valence-electron chi connectivity index (χ1n) is 11.2. The standard InChI is InChI=1S/C22H29N3O7S/c26-19(23-16-22(8-4-1-5-9-22)24-10-12-31-13-11-24)15-32-20(27)14-25-21(28)17-6-2-3-7-18(17)33(25,29)30/h2-3,6-7H,1,4-5,8-16H2,(H,23,26). The Kier molecular flexibility index (Phi) is 7.01. The number of amides is 2. The number of carbonyl (C=O) groups is 3. The summed E-state index contributed by atoms with van der Waals surface area (Å²) in [6.07, 6.45) is 5.36. The summed E-state index contributed by atoms with van der Waals surface area (Å²) >= 11 is 0. The van der Waals surface area contributed by atoms with Crippen molar-refractivity contribution < 1.29 is 32.3 Å². The van der Waals surface area contributed by atoms with Gasteiger partial charge in [-0.1, -0.05) is 31.4 Å². The second-order valence-electron chi connectivity index (χ2n) is 8.63. The van der Waals surface area contributed by atoms with Crippen molar-refractivity contribution in [2.75, 3.05) is 46.0 Å². The Morgan fingerprint density at radius 2 is 1.79 bits per heavy atom. The smallest absolute Gasteiger partial charge is 0.327 e. The van der Waals surface area contributed by atoms with E-state index < -0.39 is 41.0 Å². The van der Waals surface area contributed by atoms with Crippen LogP contribution < -0.4 is 5.32 Å². The summed E-state index contributed by atoms with van der Waals surface area (Å²) in [4.78, 5) is 39.3. The van der Waals surface area contributed by atoms with Crippen molar-refractivity contribution in [1.82, 2.24) is 14.5 Å². The number of morpholine rings is 1. The summed E-state index contributed by atoms with van der Waals surface area (Å²) in [6, 6.07) is 5.76. The van der Waals surface area contributed by atoms with Crippen LogP contribution in [0.4, 0.5) is 0 Å². The largest absolute Gasteiger partial charge is 0.454 e. The highest BCUT2D eigenvalue weighted by Gasteiger charge is 2.42. The fraction of sp³-hybridized carbons (Fsp3) is 0.591. The van der Waals surface area contributed by atoms with E-state index in [4.69, 9.17) is 9.47 Å². The van der Waals surface area contributed by atoms with E-state index in [9.17, 15) is 22.8 Å². The number of nitrogens with one attached hydrogen (secondary N) is 1. The first-order chi connectivity index (χ1) is 15.8. The molecule has 2 amide bonds. The molecule has 33 heavy (non-hydrogen) atoms. The summed E-state index contributed by atoms with van der Waals surface area (Å²) in [6.45, 7) is 2.15. The zero-order chi connectivity index (χ0) is 23.5. The third-order valence-corrected chi connectivity index (χ3v) is 8.42. The van der Waals surface area contributed by atoms with Crippen LogP contribution >= 0.6 is 0 Å². The van der Waals surface area contributed by atoms with Crippen LogP contribution in [0.5, 0.6) is 0 Å². The van der Waals surface area contributed by atoms with E-state index in [1.807, 2.05) is 0 Å². The van der Waals surface area contributed by atoms with Crippen molar-refractivity contribution in [3.63, 3.8) is 0 Å². The van der Waals surface area contributed by atoms with Crippen LogP contribution in [0, 0.1) is 0 Å². The molecule has 0 unspecified atom stereocenters. The monoisotopic (exact) mass is 479 g/mol. The zero-order valence-corrected chi connectivity index (χ0v) is 19.3. The number of hydrogen-bond acceptors (Lipinski definition) is 8. The van der Waals surface area contributed by atoms with E-state index in [1.165, 1.54) is 24.6 Å². The molecule has 0 atom stereocenters. The van der Waals surface area contributed by atoms with Gasteiger partial charge in [0.1, 0.15) is 11.4 Å². The highest BCUT2D eigenvalue weighted by molar-refractivity contribution is 7.90. The molecule has 2 heterocycles. The molecule has 0 bridgehead atoms. The van der Waals surface area contributed by atoms with Crippen molar-refractivity contribution in [2.45, 2.75) is 42.5 Å². The van der Waals surface area contributed by atoms with Crippen LogP contribution in [-0.4, -0.2) is 86.9 Å². The van der Waals surface area contributed by atoms with E-state index in [2.05, 4.69) is 10.2 Å². The van der Waals surface area contributed by atoms with E-state index >= 15 is 0 Å². The molecule has 0 aromatic heterocycles. The fourth-order valence-electron chi connectivity index (χ4n) is 4.86. The Morgan fingerprint density at radius 3 is 2.48 bits per heavy atom. The lowest BCUT2D eigenvalue weighted by Crippen LogP contribution is -2.59. The fourth-order valence-corrected chi connectivity index (χ4v) is 6.38. The van der Waals surface area contributed by atoms with Gasteiger partial charge >= 0.3 is 5.97 Å². The molecule has 2 fully saturated rings. The lowest BCUT2D eigenvalue weighted by Gasteiger charge is -2.48. The highest BCUT2D eigenvalue weighted by atomic mass is 32.2. The normalized spacial score (nSPS) is 21.9. The minimum atomic E-state index is -4.11. The van der Waals surface area contributed by atoms with Crippen LogP contribution in [0.25, 0.3) is 0 Å². The van der Waals surface area contributed by atoms with E-state index in [1.54, 1.807) is 6.07 Å². The predicted molar refractivity (Wildman–Crippen MR) is 117 cm³/mol. The third kappa shape index (κ3) is 4.90. The Labute approximate surface area is 193 Å². The molecule has 1 saturated heterocycles. The molecular weight excluding hydrogens is 450 g/mol. The summed E-state index contributed by atoms with van der Waals surface area (Å²) < 4.78 is 36.0. The molecule has 1 aromatic carbocycles. The first kappa shape index (κ1) is 23.7. The molecule has 10 nitrogen and oxygen atoms in total. The van der Waals surface area contributed by atoms with Crippen LogP contribution in [0.2, 0.25) is 0 Å². The maximum atomic E-state index is 12.5. The van der Waals surface area contributed by atoms with Crippen LogP contribution in [0.15, 0.2) is 29.2 Å². The number of fused-ring (bicyclic) bond motifs is 1. The van der Waals surface area contributed by atoms with Crippen LogP contribution in [0.3, 0.4) is 0 Å². The number of hydrogen-bond donors (Lipinski definition) is 1. The average molecular weight is 480 g/mol. The van der Waals surface area contributed by atoms with Gasteiger partial charge in [-0.2, -0.15) is 0 Å². The Bertz CT molecular complexity index is 1010. The van der Waals surface area contributed by atoms with Gasteiger partial charge in [0.25, 0.3) is 21.8 Å². The number of ether oxygens (including phenoxy) is 2. The summed E-state index contributed by atoms with van der Waals surface area (Å²) in [5.74, 6) is -2.20. The first-order valence-corrected chi connectivity index (χ1v) is 12.7. The second kappa shape index (κ2) is 9.78. The maximum Gasteiger partial charge on any atom is 0.327 e. The molecule has 1 aromatic rings. The number of benzene rings is 1. The topological polar surface area (TPSA) is 122 Å². The number of rotatable bonds is 7. The Hall–Kier alpha value is -2.50. The number of nitrogens with zero attached hydrogens (tertiary/aromatic N) is 2. The SMILES string of the molecule is O=C(COC(=O)CN1C(=O)c2ccccc2S1(=O)=O)NCC1(N2CCOCC2)CCCCC1. The molecule has 1 N–H and O–H groups in total. The lowest BCUT2D eigenvalue weighted by atomic mass is 9.79. The van der Waals surface area contributed by atoms with Crippen molar-refractivity contribution in [1.29, 1.82) is 0 Å². The van der Waals surface area contributed by atoms with Gasteiger partial charge in [-0.15, -0.1) is 0 Å². The lowest BCUT2D eigenvalue weighted by molar-refractivity contribution is -0.148. The van der Waals surface area contributed by atoms with Crippen LogP contribution in [-0.2, 0) is 29.1 Å². The molecule has 1 aliphatic carbocycles. The second-order valence-corrected chi connectivity index (χ2v) is 10.5. The van der Waals surface area contributed by atoms with Gasteiger partial charge in [-0.25, -0.2) is 12.7 Å². The quantitative estimate of drug-likeness (QED) is 0.562. The van der Waals surface area contributed by atoms with E-state index in [-0.39, 0.29) is 16.0 Å². The molecular formula is C22H29N3O7S. The van der Waals surface area contributed by atoms with Gasteiger partial charge < -0.3 is 14.8 Å². The number of carbonyl (C=O) groups excluding carboxylic acids is 3. The van der Waals surface area contributed by atoms with Crippen molar-refractivity contribution in [3.8, 4) is 0 Å². The third-order valence-electron chi connectivity index (χ3n) is 6.63. The minimum absolute atomic E-state index is 0.0175. The van der Waals surface area contributed by atoms with Crippen molar-refractivity contribution in [3.05, 3.63) is 29.8 Å². The number of sulfonamides is 1. The molecule has 3 aliphatic rings.